The lowest BCUT2D eigenvalue weighted by Gasteiger charge is -2.25. The quantitative estimate of drug-likeness (QED) is 0.674. The standard InChI is InChI=1S/C9H12N2O4S/c1-5-4-9(2,6(12)15-3)11-7(10-5)16-8(13)14/h4H,1-3H3,(H,10,11)(H,13,14). The normalized spacial score (nSPS) is 23.9. The Morgan fingerprint density at radius 3 is 2.75 bits per heavy atom. The number of hydrogen-bond acceptors (Lipinski definition) is 6. The van der Waals surface area contributed by atoms with Crippen LogP contribution in [0.1, 0.15) is 13.8 Å². The molecule has 1 rings (SSSR count). The van der Waals surface area contributed by atoms with Gasteiger partial charge in [-0.05, 0) is 19.9 Å². The number of nitrogens with zero attached hydrogens (tertiary/aromatic N) is 1. The minimum atomic E-state index is -1.16. The van der Waals surface area contributed by atoms with E-state index in [4.69, 9.17) is 5.11 Å². The number of rotatable bonds is 1. The number of thioether (sulfide) groups is 1. The molecule has 88 valence electrons. The first-order chi connectivity index (χ1) is 7.37. The number of carbonyl (C=O) groups is 2. The summed E-state index contributed by atoms with van der Waals surface area (Å²) in [5.74, 6) is -0.531. The summed E-state index contributed by atoms with van der Waals surface area (Å²) in [6.45, 7) is 3.28. The van der Waals surface area contributed by atoms with Crippen LogP contribution in [-0.4, -0.2) is 34.2 Å². The number of esters is 1. The van der Waals surface area contributed by atoms with E-state index in [2.05, 4.69) is 15.0 Å². The smallest absolute Gasteiger partial charge is 0.372 e. The van der Waals surface area contributed by atoms with Crippen molar-refractivity contribution in [2.75, 3.05) is 7.11 Å². The van der Waals surface area contributed by atoms with Crippen molar-refractivity contribution in [1.29, 1.82) is 0 Å². The number of amidine groups is 1. The van der Waals surface area contributed by atoms with Crippen molar-refractivity contribution in [1.82, 2.24) is 5.32 Å². The molecule has 0 aromatic carbocycles. The van der Waals surface area contributed by atoms with Gasteiger partial charge in [-0.1, -0.05) is 0 Å². The van der Waals surface area contributed by atoms with Crippen LogP contribution in [0.5, 0.6) is 0 Å². The van der Waals surface area contributed by atoms with Crippen LogP contribution < -0.4 is 5.32 Å². The van der Waals surface area contributed by atoms with Gasteiger partial charge in [-0.25, -0.2) is 14.6 Å². The molecule has 0 saturated heterocycles. The highest BCUT2D eigenvalue weighted by molar-refractivity contribution is 8.25. The Morgan fingerprint density at radius 1 is 1.62 bits per heavy atom. The third-order valence-corrected chi connectivity index (χ3v) is 2.48. The minimum Gasteiger partial charge on any atom is -0.473 e. The molecule has 0 fully saturated rings. The zero-order valence-electron chi connectivity index (χ0n) is 9.10. The Labute approximate surface area is 96.8 Å². The maximum absolute atomic E-state index is 11.5. The third kappa shape index (κ3) is 2.75. The van der Waals surface area contributed by atoms with Crippen molar-refractivity contribution in [2.45, 2.75) is 19.4 Å². The van der Waals surface area contributed by atoms with Gasteiger partial charge in [0.1, 0.15) is 0 Å². The number of nitrogens with one attached hydrogen (secondary N) is 1. The van der Waals surface area contributed by atoms with Gasteiger partial charge in [-0.15, -0.1) is 0 Å². The first-order valence-corrected chi connectivity index (χ1v) is 5.24. The highest BCUT2D eigenvalue weighted by Gasteiger charge is 2.35. The van der Waals surface area contributed by atoms with E-state index in [0.717, 1.165) is 0 Å². The lowest BCUT2D eigenvalue weighted by molar-refractivity contribution is -0.144. The molecule has 0 bridgehead atoms. The zero-order valence-corrected chi connectivity index (χ0v) is 9.92. The molecule has 1 unspecified atom stereocenters. The average Bonchev–Trinajstić information content (AvgIpc) is 2.13. The van der Waals surface area contributed by atoms with Crippen molar-refractivity contribution in [3.05, 3.63) is 11.8 Å². The molecular weight excluding hydrogens is 232 g/mol. The molecule has 0 saturated carbocycles. The van der Waals surface area contributed by atoms with Gasteiger partial charge in [-0.2, -0.15) is 0 Å². The predicted octanol–water partition coefficient (Wildman–Crippen LogP) is 1.19. The monoisotopic (exact) mass is 244 g/mol. The molecular formula is C9H12N2O4S. The number of ether oxygens (including phenoxy) is 1. The molecule has 0 aromatic rings. The molecule has 7 heteroatoms. The molecule has 1 aliphatic rings. The number of hydrogen-bond donors (Lipinski definition) is 2. The second-order valence-electron chi connectivity index (χ2n) is 3.38. The SMILES string of the molecule is COC(=O)C1(C)C=C(C)NC(SC(=O)O)=N1. The number of carboxylic acid groups (broad SMARTS) is 1. The number of methoxy groups -OCH3 is 1. The fourth-order valence-corrected chi connectivity index (χ4v) is 1.95. The van der Waals surface area contributed by atoms with Crippen LogP contribution >= 0.6 is 11.8 Å². The largest absolute Gasteiger partial charge is 0.473 e. The Kier molecular flexibility index (Phi) is 3.58. The van der Waals surface area contributed by atoms with Gasteiger partial charge in [0.2, 0.25) is 0 Å². The van der Waals surface area contributed by atoms with Gasteiger partial charge in [0.15, 0.2) is 10.7 Å². The predicted molar refractivity (Wildman–Crippen MR) is 60.4 cm³/mol. The lowest BCUT2D eigenvalue weighted by Crippen LogP contribution is -2.40. The van der Waals surface area contributed by atoms with Gasteiger partial charge < -0.3 is 15.2 Å². The van der Waals surface area contributed by atoms with Crippen LogP contribution in [0, 0.1) is 0 Å². The van der Waals surface area contributed by atoms with E-state index in [1.165, 1.54) is 7.11 Å². The summed E-state index contributed by atoms with van der Waals surface area (Å²) in [5, 5.41) is 10.5. The van der Waals surface area contributed by atoms with Crippen molar-refractivity contribution < 1.29 is 19.4 Å². The van der Waals surface area contributed by atoms with E-state index < -0.39 is 16.8 Å². The van der Waals surface area contributed by atoms with Crippen LogP contribution in [0.3, 0.4) is 0 Å². The fraction of sp³-hybridized carbons (Fsp3) is 0.444. The second-order valence-corrected chi connectivity index (χ2v) is 4.32. The summed E-state index contributed by atoms with van der Waals surface area (Å²) >= 11 is 0.516. The van der Waals surface area contributed by atoms with Crippen LogP contribution in [0.2, 0.25) is 0 Å². The molecule has 0 aromatic heterocycles. The summed E-state index contributed by atoms with van der Waals surface area (Å²) in [6, 6.07) is 0. The van der Waals surface area contributed by atoms with E-state index in [1.54, 1.807) is 19.9 Å². The summed E-state index contributed by atoms with van der Waals surface area (Å²) in [6.07, 6.45) is 1.59. The number of aliphatic imine (C=N–C) groups is 1. The molecule has 0 spiro atoms. The van der Waals surface area contributed by atoms with Gasteiger partial charge in [0.05, 0.1) is 7.11 Å². The second kappa shape index (κ2) is 4.56. The first kappa shape index (κ1) is 12.6. The van der Waals surface area contributed by atoms with Crippen molar-refractivity contribution in [2.24, 2.45) is 4.99 Å². The van der Waals surface area contributed by atoms with Crippen LogP contribution in [0.25, 0.3) is 0 Å². The maximum Gasteiger partial charge on any atom is 0.372 e. The molecule has 2 N–H and O–H groups in total. The van der Waals surface area contributed by atoms with E-state index in [1.807, 2.05) is 0 Å². The fourth-order valence-electron chi connectivity index (χ4n) is 1.34. The highest BCUT2D eigenvalue weighted by atomic mass is 32.2. The average molecular weight is 244 g/mol. The van der Waals surface area contributed by atoms with Gasteiger partial charge in [0, 0.05) is 17.5 Å². The molecule has 0 radical (unpaired) electrons. The molecule has 16 heavy (non-hydrogen) atoms. The summed E-state index contributed by atoms with van der Waals surface area (Å²) in [5.41, 5.74) is -0.506. The maximum atomic E-state index is 11.5. The van der Waals surface area contributed by atoms with Crippen LogP contribution in [0.4, 0.5) is 4.79 Å². The highest BCUT2D eigenvalue weighted by Crippen LogP contribution is 2.22. The molecule has 1 aliphatic heterocycles. The summed E-state index contributed by atoms with van der Waals surface area (Å²) in [4.78, 5) is 26.1. The number of allylic oxidation sites excluding steroid dienone is 1. The summed E-state index contributed by atoms with van der Waals surface area (Å²) in [7, 11) is 1.26. The van der Waals surface area contributed by atoms with Crippen LogP contribution in [0.15, 0.2) is 16.8 Å². The van der Waals surface area contributed by atoms with E-state index in [0.29, 0.717) is 17.5 Å². The lowest BCUT2D eigenvalue weighted by atomic mass is 10.0. The van der Waals surface area contributed by atoms with Gasteiger partial charge in [0.25, 0.3) is 0 Å². The Bertz CT molecular complexity index is 387. The van der Waals surface area contributed by atoms with E-state index in [-0.39, 0.29) is 5.17 Å². The number of carbonyl (C=O) groups excluding carboxylic acids is 1. The Hall–Kier alpha value is -1.50. The zero-order chi connectivity index (χ0) is 12.3. The molecule has 1 heterocycles. The van der Waals surface area contributed by atoms with E-state index >= 15 is 0 Å². The van der Waals surface area contributed by atoms with Gasteiger partial charge in [-0.3, -0.25) is 0 Å². The molecule has 6 nitrogen and oxygen atoms in total. The minimum absolute atomic E-state index is 0.167. The summed E-state index contributed by atoms with van der Waals surface area (Å²) < 4.78 is 4.62. The first-order valence-electron chi connectivity index (χ1n) is 4.43. The Morgan fingerprint density at radius 2 is 2.25 bits per heavy atom. The Balaban J connectivity index is 3.00. The molecule has 0 amide bonds. The van der Waals surface area contributed by atoms with Crippen molar-refractivity contribution >= 4 is 28.2 Å². The topological polar surface area (TPSA) is 88.0 Å². The van der Waals surface area contributed by atoms with E-state index in [9.17, 15) is 9.59 Å². The molecule has 1 atom stereocenters. The van der Waals surface area contributed by atoms with Crippen LogP contribution in [-0.2, 0) is 9.53 Å². The van der Waals surface area contributed by atoms with Gasteiger partial charge >= 0.3 is 11.3 Å². The van der Waals surface area contributed by atoms with Crippen molar-refractivity contribution in [3.63, 3.8) is 0 Å². The van der Waals surface area contributed by atoms with Crippen molar-refractivity contribution in [3.8, 4) is 0 Å². The third-order valence-electron chi connectivity index (χ3n) is 1.92. The molecule has 0 aliphatic carbocycles.